The topological polar surface area (TPSA) is 66.5 Å². The minimum absolute atomic E-state index is 0.0557. The summed E-state index contributed by atoms with van der Waals surface area (Å²) in [6.45, 7) is 0.723. The maximum Gasteiger partial charge on any atom is 0.240 e. The van der Waals surface area contributed by atoms with Crippen LogP contribution in [0.3, 0.4) is 0 Å². The molecule has 0 saturated carbocycles. The van der Waals surface area contributed by atoms with Crippen LogP contribution in [0.25, 0.3) is 0 Å². The highest BCUT2D eigenvalue weighted by Gasteiger charge is 2.21. The van der Waals surface area contributed by atoms with Crippen LogP contribution in [0.5, 0.6) is 0 Å². The van der Waals surface area contributed by atoms with E-state index in [0.29, 0.717) is 18.7 Å². The van der Waals surface area contributed by atoms with Gasteiger partial charge in [0, 0.05) is 35.8 Å². The predicted octanol–water partition coefficient (Wildman–Crippen LogP) is 2.02. The summed E-state index contributed by atoms with van der Waals surface area (Å²) >= 11 is 0. The smallest absolute Gasteiger partial charge is 0.240 e. The van der Waals surface area contributed by atoms with Crippen molar-refractivity contribution in [2.75, 3.05) is 25.1 Å². The van der Waals surface area contributed by atoms with Crippen LogP contribution >= 0.6 is 0 Å². The lowest BCUT2D eigenvalue weighted by Gasteiger charge is -2.26. The summed E-state index contributed by atoms with van der Waals surface area (Å²) in [5, 5.41) is 2.94. The van der Waals surface area contributed by atoms with Crippen LogP contribution in [0, 0.1) is 0 Å². The first kappa shape index (κ1) is 18.6. The Morgan fingerprint density at radius 2 is 1.92 bits per heavy atom. The zero-order valence-corrected chi connectivity index (χ0v) is 15.0. The maximum atomic E-state index is 12.4. The molecule has 2 rings (SSSR count). The number of rotatable bonds is 6. The second-order valence-corrected chi connectivity index (χ2v) is 7.73. The molecule has 1 aliphatic heterocycles. The second-order valence-electron chi connectivity index (χ2n) is 6.25. The van der Waals surface area contributed by atoms with Gasteiger partial charge in [-0.05, 0) is 18.4 Å². The Morgan fingerprint density at radius 3 is 2.62 bits per heavy atom. The van der Waals surface area contributed by atoms with Crippen molar-refractivity contribution in [3.8, 4) is 0 Å². The van der Waals surface area contributed by atoms with Gasteiger partial charge in [0.15, 0.2) is 0 Å². The van der Waals surface area contributed by atoms with Gasteiger partial charge in [-0.2, -0.15) is 0 Å². The molecule has 0 radical (unpaired) electrons. The average Bonchev–Trinajstić information content (AvgIpc) is 2.54. The lowest BCUT2D eigenvalue weighted by Crippen LogP contribution is -2.43. The molecule has 0 unspecified atom stereocenters. The quantitative estimate of drug-likeness (QED) is 0.853. The molecule has 132 valence electrons. The zero-order chi connectivity index (χ0) is 17.4. The van der Waals surface area contributed by atoms with Gasteiger partial charge in [-0.25, -0.2) is 0 Å². The van der Waals surface area contributed by atoms with Crippen molar-refractivity contribution in [1.29, 1.82) is 0 Å². The number of carbonyl (C=O) groups excluding carboxylic acids is 2. The standard InChI is InChI=1S/C18H26N2O3S/c1-24(23)14-16(15-9-5-4-6-10-15)19-17(21)13-20-12-8-3-2-7-11-18(20)22/h4-6,9-10,16H,2-3,7-8,11-14H2,1H3,(H,19,21)/t16-,24-/m0/s1. The second kappa shape index (κ2) is 9.57. The molecular formula is C18H26N2O3S. The van der Waals surface area contributed by atoms with Gasteiger partial charge in [-0.15, -0.1) is 0 Å². The monoisotopic (exact) mass is 350 g/mol. The highest BCUT2D eigenvalue weighted by atomic mass is 32.2. The average molecular weight is 350 g/mol. The number of amides is 2. The van der Waals surface area contributed by atoms with Crippen molar-refractivity contribution in [2.24, 2.45) is 0 Å². The molecule has 1 heterocycles. The van der Waals surface area contributed by atoms with Crippen LogP contribution in [-0.2, 0) is 20.4 Å². The van der Waals surface area contributed by atoms with Gasteiger partial charge in [0.2, 0.25) is 11.8 Å². The molecule has 24 heavy (non-hydrogen) atoms. The van der Waals surface area contributed by atoms with E-state index in [1.165, 1.54) is 0 Å². The molecule has 1 aromatic rings. The molecule has 1 aromatic carbocycles. The SMILES string of the molecule is C[S@](=O)C[C@H](NC(=O)CN1CCCCCCC1=O)c1ccccc1. The van der Waals surface area contributed by atoms with Gasteiger partial charge >= 0.3 is 0 Å². The largest absolute Gasteiger partial charge is 0.347 e. The third-order valence-corrected chi connectivity index (χ3v) is 5.00. The van der Waals surface area contributed by atoms with Gasteiger partial charge < -0.3 is 10.2 Å². The summed E-state index contributed by atoms with van der Waals surface area (Å²) in [6, 6.07) is 9.24. The van der Waals surface area contributed by atoms with Crippen LogP contribution in [0.2, 0.25) is 0 Å². The Balaban J connectivity index is 1.98. The fourth-order valence-electron chi connectivity index (χ4n) is 2.94. The molecule has 6 heteroatoms. The van der Waals surface area contributed by atoms with Gasteiger partial charge in [0.05, 0.1) is 12.6 Å². The van der Waals surface area contributed by atoms with E-state index in [0.717, 1.165) is 31.2 Å². The third-order valence-electron chi connectivity index (χ3n) is 4.19. The van der Waals surface area contributed by atoms with Crippen LogP contribution in [0.4, 0.5) is 0 Å². The van der Waals surface area contributed by atoms with E-state index < -0.39 is 10.8 Å². The van der Waals surface area contributed by atoms with E-state index in [9.17, 15) is 13.8 Å². The number of nitrogens with one attached hydrogen (secondary N) is 1. The van der Waals surface area contributed by atoms with Gasteiger partial charge in [-0.1, -0.05) is 43.2 Å². The lowest BCUT2D eigenvalue weighted by atomic mass is 10.1. The summed E-state index contributed by atoms with van der Waals surface area (Å²) in [4.78, 5) is 26.2. The van der Waals surface area contributed by atoms with Crippen molar-refractivity contribution in [1.82, 2.24) is 10.2 Å². The first-order chi connectivity index (χ1) is 11.6. The molecule has 5 nitrogen and oxygen atoms in total. The van der Waals surface area contributed by atoms with Crippen molar-refractivity contribution in [2.45, 2.75) is 38.1 Å². The summed E-state index contributed by atoms with van der Waals surface area (Å²) in [7, 11) is -1.03. The Hall–Kier alpha value is -1.69. The highest BCUT2D eigenvalue weighted by molar-refractivity contribution is 7.84. The molecule has 1 fully saturated rings. The Morgan fingerprint density at radius 1 is 1.21 bits per heavy atom. The molecule has 1 saturated heterocycles. The first-order valence-electron chi connectivity index (χ1n) is 8.48. The summed E-state index contributed by atoms with van der Waals surface area (Å²) in [6.07, 6.45) is 6.19. The summed E-state index contributed by atoms with van der Waals surface area (Å²) in [5.41, 5.74) is 0.931. The van der Waals surface area contributed by atoms with Crippen LogP contribution in [-0.4, -0.2) is 46.0 Å². The number of hydrogen-bond acceptors (Lipinski definition) is 3. The van der Waals surface area contributed by atoms with Gasteiger partial charge in [0.25, 0.3) is 0 Å². The molecule has 1 aliphatic rings. The summed E-state index contributed by atoms with van der Waals surface area (Å²) < 4.78 is 11.6. The minimum atomic E-state index is -1.03. The maximum absolute atomic E-state index is 12.4. The van der Waals surface area contributed by atoms with E-state index in [-0.39, 0.29) is 24.4 Å². The van der Waals surface area contributed by atoms with Crippen molar-refractivity contribution in [3.05, 3.63) is 35.9 Å². The van der Waals surface area contributed by atoms with Crippen molar-refractivity contribution >= 4 is 22.6 Å². The third kappa shape index (κ3) is 6.07. The highest BCUT2D eigenvalue weighted by Crippen LogP contribution is 2.15. The van der Waals surface area contributed by atoms with Crippen LogP contribution < -0.4 is 5.32 Å². The number of hydrogen-bond donors (Lipinski definition) is 1. The van der Waals surface area contributed by atoms with Gasteiger partial charge in [-0.3, -0.25) is 13.8 Å². The molecular weight excluding hydrogens is 324 g/mol. The normalized spacial score (nSPS) is 18.4. The molecule has 0 spiro atoms. The van der Waals surface area contributed by atoms with Crippen LogP contribution in [0.1, 0.15) is 43.7 Å². The van der Waals surface area contributed by atoms with Crippen molar-refractivity contribution in [3.63, 3.8) is 0 Å². The summed E-state index contributed by atoms with van der Waals surface area (Å²) in [5.74, 6) is 0.229. The fourth-order valence-corrected chi connectivity index (χ4v) is 3.68. The Bertz CT molecular complexity index is 577. The van der Waals surface area contributed by atoms with E-state index in [4.69, 9.17) is 0 Å². The Kier molecular flexibility index (Phi) is 7.43. The number of benzene rings is 1. The fraction of sp³-hybridized carbons (Fsp3) is 0.556. The number of likely N-dealkylation sites (tertiary alicyclic amines) is 1. The molecule has 0 aliphatic carbocycles. The van der Waals surface area contributed by atoms with E-state index in [1.807, 2.05) is 30.3 Å². The first-order valence-corrected chi connectivity index (χ1v) is 10.2. The molecule has 0 aromatic heterocycles. The molecule has 0 bridgehead atoms. The van der Waals surface area contributed by atoms with Gasteiger partial charge in [0.1, 0.15) is 0 Å². The molecule has 2 atom stereocenters. The van der Waals surface area contributed by atoms with E-state index in [2.05, 4.69) is 5.32 Å². The van der Waals surface area contributed by atoms with Crippen LogP contribution in [0.15, 0.2) is 30.3 Å². The van der Waals surface area contributed by atoms with Crippen molar-refractivity contribution < 1.29 is 13.8 Å². The minimum Gasteiger partial charge on any atom is -0.347 e. The predicted molar refractivity (Wildman–Crippen MR) is 95.9 cm³/mol. The molecule has 2 amide bonds. The van der Waals surface area contributed by atoms with E-state index >= 15 is 0 Å². The number of nitrogens with zero attached hydrogens (tertiary/aromatic N) is 1. The molecule has 1 N–H and O–H groups in total. The van der Waals surface area contributed by atoms with E-state index in [1.54, 1.807) is 11.2 Å². The number of carbonyl (C=O) groups is 2. The lowest BCUT2D eigenvalue weighted by molar-refractivity contribution is -0.136. The zero-order valence-electron chi connectivity index (χ0n) is 14.2. The Labute approximate surface area is 146 Å².